The van der Waals surface area contributed by atoms with Gasteiger partial charge in [-0.05, 0) is 45.4 Å². The second-order valence-corrected chi connectivity index (χ2v) is 8.01. The van der Waals surface area contributed by atoms with E-state index in [2.05, 4.69) is 10.3 Å². The number of rotatable bonds is 1. The van der Waals surface area contributed by atoms with E-state index in [0.29, 0.717) is 31.9 Å². The Hall–Kier alpha value is -2.83. The van der Waals surface area contributed by atoms with Crippen molar-refractivity contribution in [1.29, 1.82) is 0 Å². The van der Waals surface area contributed by atoms with E-state index in [0.717, 1.165) is 16.5 Å². The zero-order valence-corrected chi connectivity index (χ0v) is 16.3. The highest BCUT2D eigenvalue weighted by Gasteiger charge is 2.30. The Bertz CT molecular complexity index is 886. The molecule has 7 nitrogen and oxygen atoms in total. The number of H-pyrrole nitrogens is 1. The Labute approximate surface area is 158 Å². The summed E-state index contributed by atoms with van der Waals surface area (Å²) in [6, 6.07) is 7.79. The van der Waals surface area contributed by atoms with Crippen LogP contribution in [0.2, 0.25) is 0 Å². The number of nitrogens with one attached hydrogen (secondary N) is 2. The molecular weight excluding hydrogens is 344 g/mol. The van der Waals surface area contributed by atoms with Crippen molar-refractivity contribution >= 4 is 28.6 Å². The fraction of sp³-hybridized carbons (Fsp3) is 0.450. The van der Waals surface area contributed by atoms with Crippen LogP contribution in [0.4, 0.5) is 0 Å². The van der Waals surface area contributed by atoms with Crippen molar-refractivity contribution in [3.8, 4) is 0 Å². The molecule has 144 valence electrons. The Kier molecular flexibility index (Phi) is 4.95. The average Bonchev–Trinajstić information content (AvgIpc) is 3.05. The van der Waals surface area contributed by atoms with Crippen LogP contribution in [0.3, 0.4) is 0 Å². The predicted octanol–water partition coefficient (Wildman–Crippen LogP) is 1.68. The minimum absolute atomic E-state index is 0.0863. The third-order valence-electron chi connectivity index (χ3n) is 4.65. The summed E-state index contributed by atoms with van der Waals surface area (Å²) in [7, 11) is 0. The summed E-state index contributed by atoms with van der Waals surface area (Å²) in [4.78, 5) is 43.5. The molecule has 0 radical (unpaired) electrons. The monoisotopic (exact) mass is 370 g/mol. The molecule has 3 amide bonds. The van der Waals surface area contributed by atoms with Crippen molar-refractivity contribution in [2.24, 2.45) is 0 Å². The molecule has 1 fully saturated rings. The molecule has 2 aromatic rings. The van der Waals surface area contributed by atoms with Crippen LogP contribution in [0.25, 0.3) is 10.9 Å². The zero-order valence-electron chi connectivity index (χ0n) is 16.3. The molecule has 0 atom stereocenters. The zero-order chi connectivity index (χ0) is 19.8. The van der Waals surface area contributed by atoms with Gasteiger partial charge >= 0.3 is 11.8 Å². The molecule has 0 spiro atoms. The fourth-order valence-electron chi connectivity index (χ4n) is 3.24. The normalized spacial score (nSPS) is 15.1. The van der Waals surface area contributed by atoms with E-state index in [4.69, 9.17) is 0 Å². The highest BCUT2D eigenvalue weighted by Crippen LogP contribution is 2.20. The molecular formula is C20H26N4O3. The van der Waals surface area contributed by atoms with Gasteiger partial charge in [-0.2, -0.15) is 0 Å². The first-order valence-corrected chi connectivity index (χ1v) is 9.15. The van der Waals surface area contributed by atoms with Gasteiger partial charge < -0.3 is 20.1 Å². The number of aryl methyl sites for hydroxylation is 1. The van der Waals surface area contributed by atoms with Gasteiger partial charge in [-0.3, -0.25) is 14.4 Å². The molecule has 1 aromatic carbocycles. The number of nitrogens with zero attached hydrogens (tertiary/aromatic N) is 2. The molecule has 1 aliphatic rings. The van der Waals surface area contributed by atoms with E-state index >= 15 is 0 Å². The SMILES string of the molecule is Cc1cccc2[nH]c(C(=O)N3CCN(C(=O)C(=O)NC(C)(C)C)CC3)cc12. The number of benzene rings is 1. The van der Waals surface area contributed by atoms with Crippen LogP contribution in [-0.4, -0.2) is 64.2 Å². The Morgan fingerprint density at radius 1 is 1.04 bits per heavy atom. The molecule has 0 saturated carbocycles. The summed E-state index contributed by atoms with van der Waals surface area (Å²) in [6.07, 6.45) is 0. The van der Waals surface area contributed by atoms with E-state index in [-0.39, 0.29) is 5.91 Å². The summed E-state index contributed by atoms with van der Waals surface area (Å²) >= 11 is 0. The highest BCUT2D eigenvalue weighted by atomic mass is 16.2. The number of piperazine rings is 1. The molecule has 1 saturated heterocycles. The van der Waals surface area contributed by atoms with E-state index in [1.807, 2.05) is 52.0 Å². The van der Waals surface area contributed by atoms with E-state index in [1.165, 1.54) is 4.90 Å². The van der Waals surface area contributed by atoms with Gasteiger partial charge in [0.05, 0.1) is 0 Å². The lowest BCUT2D eigenvalue weighted by atomic mass is 10.1. The molecule has 0 aliphatic carbocycles. The summed E-state index contributed by atoms with van der Waals surface area (Å²) in [5.41, 5.74) is 2.14. The van der Waals surface area contributed by atoms with Crippen LogP contribution in [0.1, 0.15) is 36.8 Å². The third kappa shape index (κ3) is 4.13. The molecule has 2 N–H and O–H groups in total. The first-order valence-electron chi connectivity index (χ1n) is 9.15. The van der Waals surface area contributed by atoms with Crippen LogP contribution in [0.5, 0.6) is 0 Å². The summed E-state index contributed by atoms with van der Waals surface area (Å²) in [5.74, 6) is -1.23. The van der Waals surface area contributed by atoms with Gasteiger partial charge in [0.25, 0.3) is 5.91 Å². The number of amides is 3. The molecule has 1 aliphatic heterocycles. The van der Waals surface area contributed by atoms with Gasteiger partial charge in [-0.1, -0.05) is 12.1 Å². The molecule has 2 heterocycles. The Morgan fingerprint density at radius 3 is 2.26 bits per heavy atom. The number of fused-ring (bicyclic) bond motifs is 1. The van der Waals surface area contributed by atoms with E-state index < -0.39 is 17.4 Å². The molecule has 27 heavy (non-hydrogen) atoms. The third-order valence-corrected chi connectivity index (χ3v) is 4.65. The summed E-state index contributed by atoms with van der Waals surface area (Å²) in [5, 5.41) is 3.72. The molecule has 0 bridgehead atoms. The summed E-state index contributed by atoms with van der Waals surface area (Å²) in [6.45, 7) is 9.01. The number of hydrogen-bond donors (Lipinski definition) is 2. The minimum atomic E-state index is -0.603. The van der Waals surface area contributed by atoms with Crippen molar-refractivity contribution in [3.05, 3.63) is 35.5 Å². The van der Waals surface area contributed by atoms with Gasteiger partial charge in [0.2, 0.25) is 0 Å². The van der Waals surface area contributed by atoms with Crippen molar-refractivity contribution in [3.63, 3.8) is 0 Å². The first kappa shape index (κ1) is 18.9. The van der Waals surface area contributed by atoms with Crippen LogP contribution >= 0.6 is 0 Å². The number of aromatic nitrogens is 1. The van der Waals surface area contributed by atoms with Crippen molar-refractivity contribution in [2.45, 2.75) is 33.2 Å². The number of aromatic amines is 1. The Morgan fingerprint density at radius 2 is 1.67 bits per heavy atom. The quantitative estimate of drug-likeness (QED) is 0.749. The first-order chi connectivity index (χ1) is 12.7. The number of carbonyl (C=O) groups is 3. The van der Waals surface area contributed by atoms with E-state index in [1.54, 1.807) is 4.90 Å². The van der Waals surface area contributed by atoms with Gasteiger partial charge in [0.15, 0.2) is 0 Å². The molecule has 0 unspecified atom stereocenters. The standard InChI is InChI=1S/C20H26N4O3/c1-13-6-5-7-15-14(13)12-16(21-15)18(26)23-8-10-24(11-9-23)19(27)17(25)22-20(2,3)4/h5-7,12,21H,8-11H2,1-4H3,(H,22,25). The number of hydrogen-bond acceptors (Lipinski definition) is 3. The maximum Gasteiger partial charge on any atom is 0.312 e. The van der Waals surface area contributed by atoms with Gasteiger partial charge in [-0.15, -0.1) is 0 Å². The van der Waals surface area contributed by atoms with Crippen LogP contribution in [-0.2, 0) is 9.59 Å². The predicted molar refractivity (Wildman–Crippen MR) is 103 cm³/mol. The molecule has 3 rings (SSSR count). The minimum Gasteiger partial charge on any atom is -0.351 e. The average molecular weight is 370 g/mol. The maximum atomic E-state index is 12.8. The van der Waals surface area contributed by atoms with Gasteiger partial charge in [0.1, 0.15) is 5.69 Å². The molecule has 1 aromatic heterocycles. The van der Waals surface area contributed by atoms with Gasteiger partial charge in [0, 0.05) is 42.6 Å². The number of carbonyl (C=O) groups excluding carboxylic acids is 3. The van der Waals surface area contributed by atoms with Crippen molar-refractivity contribution in [1.82, 2.24) is 20.1 Å². The van der Waals surface area contributed by atoms with Crippen LogP contribution in [0, 0.1) is 6.92 Å². The largest absolute Gasteiger partial charge is 0.351 e. The van der Waals surface area contributed by atoms with Gasteiger partial charge in [-0.25, -0.2) is 0 Å². The lowest BCUT2D eigenvalue weighted by molar-refractivity contribution is -0.147. The van der Waals surface area contributed by atoms with Crippen LogP contribution in [0.15, 0.2) is 24.3 Å². The highest BCUT2D eigenvalue weighted by molar-refractivity contribution is 6.35. The second-order valence-electron chi connectivity index (χ2n) is 8.01. The van der Waals surface area contributed by atoms with Crippen molar-refractivity contribution < 1.29 is 14.4 Å². The lowest BCUT2D eigenvalue weighted by Crippen LogP contribution is -2.55. The smallest absolute Gasteiger partial charge is 0.312 e. The second kappa shape index (κ2) is 7.06. The van der Waals surface area contributed by atoms with Crippen molar-refractivity contribution in [2.75, 3.05) is 26.2 Å². The molecule has 7 heteroatoms. The Balaban J connectivity index is 1.63. The maximum absolute atomic E-state index is 12.8. The summed E-state index contributed by atoms with van der Waals surface area (Å²) < 4.78 is 0. The topological polar surface area (TPSA) is 85.5 Å². The lowest BCUT2D eigenvalue weighted by Gasteiger charge is -2.34. The van der Waals surface area contributed by atoms with E-state index in [9.17, 15) is 14.4 Å². The van der Waals surface area contributed by atoms with Crippen LogP contribution < -0.4 is 5.32 Å². The fourth-order valence-corrected chi connectivity index (χ4v) is 3.24.